The molecule has 42 heavy (non-hydrogen) atoms. The third-order valence-corrected chi connectivity index (χ3v) is 7.41. The van der Waals surface area contributed by atoms with Crippen LogP contribution in [0.5, 0.6) is 23.0 Å². The van der Waals surface area contributed by atoms with Crippen molar-refractivity contribution in [3.8, 4) is 29.1 Å². The minimum absolute atomic E-state index is 0.00242. The molecule has 0 fully saturated rings. The number of ether oxygens (including phenoxy) is 4. The fourth-order valence-electron chi connectivity index (χ4n) is 4.99. The largest absolute Gasteiger partial charge is 0.493 e. The number of nitriles is 1. The standard InChI is InChI=1S/C35H40N2O5/c1-6-7-8-9-10-19-40-29-18-13-24(20-31(29)39-5)32-27-17-16-26(21-30(27)42-33(37)28(32)22-36)41-34(38)23-11-14-25(15-12-23)35(2,3)4/h11-18,20-21,32H,6-10,19,37H2,1-5H3. The van der Waals surface area contributed by atoms with Gasteiger partial charge < -0.3 is 24.7 Å². The van der Waals surface area contributed by atoms with Crippen LogP contribution in [0.25, 0.3) is 0 Å². The molecule has 0 spiro atoms. The highest BCUT2D eigenvalue weighted by atomic mass is 16.5. The van der Waals surface area contributed by atoms with Crippen LogP contribution in [-0.4, -0.2) is 19.7 Å². The number of carbonyl (C=O) groups is 1. The van der Waals surface area contributed by atoms with Crippen LogP contribution >= 0.6 is 0 Å². The lowest BCUT2D eigenvalue weighted by Crippen LogP contribution is -2.21. The number of nitrogens with two attached hydrogens (primary N) is 1. The van der Waals surface area contributed by atoms with E-state index >= 15 is 0 Å². The summed E-state index contributed by atoms with van der Waals surface area (Å²) in [5.41, 5.74) is 9.58. The van der Waals surface area contributed by atoms with Gasteiger partial charge in [-0.3, -0.25) is 0 Å². The van der Waals surface area contributed by atoms with E-state index in [4.69, 9.17) is 24.7 Å². The Kier molecular flexibility index (Phi) is 9.80. The van der Waals surface area contributed by atoms with E-state index in [1.54, 1.807) is 37.4 Å². The molecule has 7 heteroatoms. The maximum absolute atomic E-state index is 12.9. The van der Waals surface area contributed by atoms with Gasteiger partial charge >= 0.3 is 5.97 Å². The lowest BCUT2D eigenvalue weighted by atomic mass is 9.83. The maximum atomic E-state index is 12.9. The first-order valence-electron chi connectivity index (χ1n) is 14.5. The van der Waals surface area contributed by atoms with Gasteiger partial charge in [-0.05, 0) is 53.3 Å². The minimum atomic E-state index is -0.495. The van der Waals surface area contributed by atoms with Crippen molar-refractivity contribution in [3.63, 3.8) is 0 Å². The van der Waals surface area contributed by atoms with Crippen LogP contribution in [0.15, 0.2) is 72.1 Å². The molecule has 1 aliphatic rings. The summed E-state index contributed by atoms with van der Waals surface area (Å²) in [4.78, 5) is 12.9. The molecule has 3 aromatic carbocycles. The van der Waals surface area contributed by atoms with Gasteiger partial charge in [0.1, 0.15) is 23.1 Å². The molecule has 1 unspecified atom stereocenters. The van der Waals surface area contributed by atoms with Gasteiger partial charge in [-0.2, -0.15) is 5.26 Å². The molecule has 0 aliphatic carbocycles. The molecule has 220 valence electrons. The Morgan fingerprint density at radius 1 is 0.976 bits per heavy atom. The van der Waals surface area contributed by atoms with Crippen LogP contribution in [0, 0.1) is 11.3 Å². The van der Waals surface area contributed by atoms with Crippen molar-refractivity contribution in [1.29, 1.82) is 5.26 Å². The van der Waals surface area contributed by atoms with E-state index in [-0.39, 0.29) is 16.9 Å². The average Bonchev–Trinajstić information content (AvgIpc) is 2.97. The molecule has 1 heterocycles. The van der Waals surface area contributed by atoms with Gasteiger partial charge in [0, 0.05) is 11.6 Å². The van der Waals surface area contributed by atoms with Gasteiger partial charge in [0.15, 0.2) is 11.5 Å². The van der Waals surface area contributed by atoms with Crippen molar-refractivity contribution in [3.05, 3.63) is 94.4 Å². The van der Waals surface area contributed by atoms with Crippen LogP contribution in [0.2, 0.25) is 0 Å². The second-order valence-corrected chi connectivity index (χ2v) is 11.5. The number of allylic oxidation sites excluding steroid dienone is 1. The number of esters is 1. The minimum Gasteiger partial charge on any atom is -0.493 e. The van der Waals surface area contributed by atoms with Crippen molar-refractivity contribution >= 4 is 5.97 Å². The Morgan fingerprint density at radius 2 is 1.71 bits per heavy atom. The quantitative estimate of drug-likeness (QED) is 0.143. The van der Waals surface area contributed by atoms with E-state index in [2.05, 4.69) is 33.8 Å². The van der Waals surface area contributed by atoms with Crippen LogP contribution in [0.1, 0.15) is 92.8 Å². The van der Waals surface area contributed by atoms with E-state index in [9.17, 15) is 10.1 Å². The van der Waals surface area contributed by atoms with Crippen molar-refractivity contribution in [1.82, 2.24) is 0 Å². The third kappa shape index (κ3) is 7.06. The van der Waals surface area contributed by atoms with Crippen molar-refractivity contribution in [2.24, 2.45) is 5.73 Å². The summed E-state index contributed by atoms with van der Waals surface area (Å²) in [5, 5.41) is 9.98. The Balaban J connectivity index is 1.55. The summed E-state index contributed by atoms with van der Waals surface area (Å²) in [6.45, 7) is 9.16. The zero-order valence-corrected chi connectivity index (χ0v) is 25.2. The van der Waals surface area contributed by atoms with Crippen molar-refractivity contribution in [2.75, 3.05) is 13.7 Å². The SMILES string of the molecule is CCCCCCCOc1ccc(C2C(C#N)=C(N)Oc3cc(OC(=O)c4ccc(C(C)(C)C)cc4)ccc32)cc1OC. The lowest BCUT2D eigenvalue weighted by Gasteiger charge is -2.27. The van der Waals surface area contributed by atoms with Crippen molar-refractivity contribution in [2.45, 2.75) is 71.1 Å². The highest BCUT2D eigenvalue weighted by Gasteiger charge is 2.32. The molecule has 4 rings (SSSR count). The molecule has 0 bridgehead atoms. The van der Waals surface area contributed by atoms with E-state index in [1.165, 1.54) is 19.3 Å². The maximum Gasteiger partial charge on any atom is 0.343 e. The number of fused-ring (bicyclic) bond motifs is 1. The molecule has 0 amide bonds. The van der Waals surface area contributed by atoms with Crippen LogP contribution < -0.4 is 24.7 Å². The smallest absolute Gasteiger partial charge is 0.343 e. The lowest BCUT2D eigenvalue weighted by molar-refractivity contribution is 0.0734. The Hall–Kier alpha value is -4.44. The summed E-state index contributed by atoms with van der Waals surface area (Å²) in [5.74, 6) is 0.982. The first kappa shape index (κ1) is 30.5. The molecule has 1 atom stereocenters. The average molecular weight is 569 g/mol. The number of rotatable bonds is 11. The third-order valence-electron chi connectivity index (χ3n) is 7.41. The normalized spacial score (nSPS) is 14.4. The number of methoxy groups -OCH3 is 1. The molecule has 0 aromatic heterocycles. The van der Waals surface area contributed by atoms with E-state index < -0.39 is 11.9 Å². The zero-order chi connectivity index (χ0) is 30.3. The summed E-state index contributed by atoms with van der Waals surface area (Å²) in [7, 11) is 1.60. The molecule has 2 N–H and O–H groups in total. The highest BCUT2D eigenvalue weighted by Crippen LogP contribution is 2.45. The molecular weight excluding hydrogens is 528 g/mol. The van der Waals surface area contributed by atoms with Crippen LogP contribution in [0.4, 0.5) is 0 Å². The number of hydrogen-bond acceptors (Lipinski definition) is 7. The van der Waals surface area contributed by atoms with Gasteiger partial charge in [0.25, 0.3) is 0 Å². The monoisotopic (exact) mass is 568 g/mol. The van der Waals surface area contributed by atoms with Crippen LogP contribution in [0.3, 0.4) is 0 Å². The Bertz CT molecular complexity index is 1480. The Morgan fingerprint density at radius 3 is 2.38 bits per heavy atom. The predicted molar refractivity (Wildman–Crippen MR) is 163 cm³/mol. The van der Waals surface area contributed by atoms with E-state index in [0.29, 0.717) is 35.2 Å². The Labute approximate surface area is 248 Å². The van der Waals surface area contributed by atoms with Crippen LogP contribution in [-0.2, 0) is 5.41 Å². The fourth-order valence-corrected chi connectivity index (χ4v) is 4.99. The summed E-state index contributed by atoms with van der Waals surface area (Å²) in [6.07, 6.45) is 5.75. The van der Waals surface area contributed by atoms with E-state index in [0.717, 1.165) is 29.5 Å². The van der Waals surface area contributed by atoms with Gasteiger partial charge in [0.05, 0.1) is 25.2 Å². The molecule has 0 saturated heterocycles. The first-order valence-corrected chi connectivity index (χ1v) is 14.5. The van der Waals surface area contributed by atoms with Crippen molar-refractivity contribution < 1.29 is 23.7 Å². The molecular formula is C35H40N2O5. The summed E-state index contributed by atoms with van der Waals surface area (Å²) in [6, 6.07) is 20.4. The fraction of sp³-hybridized carbons (Fsp3) is 0.371. The van der Waals surface area contributed by atoms with Gasteiger partial charge in [-0.15, -0.1) is 0 Å². The zero-order valence-electron chi connectivity index (χ0n) is 25.2. The summed E-state index contributed by atoms with van der Waals surface area (Å²) >= 11 is 0. The molecule has 0 saturated carbocycles. The second kappa shape index (κ2) is 13.5. The molecule has 1 aliphatic heterocycles. The molecule has 0 radical (unpaired) electrons. The number of benzene rings is 3. The first-order chi connectivity index (χ1) is 20.2. The topological polar surface area (TPSA) is 104 Å². The van der Waals surface area contributed by atoms with E-state index in [1.807, 2.05) is 30.3 Å². The second-order valence-electron chi connectivity index (χ2n) is 11.5. The molecule has 7 nitrogen and oxygen atoms in total. The summed E-state index contributed by atoms with van der Waals surface area (Å²) < 4.78 is 23.1. The number of nitrogens with zero attached hydrogens (tertiary/aromatic N) is 1. The van der Waals surface area contributed by atoms with Gasteiger partial charge in [-0.25, -0.2) is 4.79 Å². The molecule has 3 aromatic rings. The predicted octanol–water partition coefficient (Wildman–Crippen LogP) is 7.78. The van der Waals surface area contributed by atoms with Gasteiger partial charge in [-0.1, -0.05) is 77.6 Å². The van der Waals surface area contributed by atoms with Gasteiger partial charge in [0.2, 0.25) is 5.88 Å². The number of carbonyl (C=O) groups excluding carboxylic acids is 1. The highest BCUT2D eigenvalue weighted by molar-refractivity contribution is 5.91. The number of hydrogen-bond donors (Lipinski definition) is 1. The number of unbranched alkanes of at least 4 members (excludes halogenated alkanes) is 4.